The van der Waals surface area contributed by atoms with Gasteiger partial charge in [0.05, 0.1) is 0 Å². The number of nitrogens with one attached hydrogen (secondary N) is 1. The maximum Gasteiger partial charge on any atom is 0.289 e. The summed E-state index contributed by atoms with van der Waals surface area (Å²) in [6.45, 7) is 4.66. The number of aromatic nitrogens is 1. The van der Waals surface area contributed by atoms with Gasteiger partial charge in [0, 0.05) is 18.2 Å². The smallest absolute Gasteiger partial charge is 0.289 e. The first kappa shape index (κ1) is 12.4. The van der Waals surface area contributed by atoms with Gasteiger partial charge in [-0.1, -0.05) is 41.9 Å². The molecule has 18 heavy (non-hydrogen) atoms. The highest BCUT2D eigenvalue weighted by Crippen LogP contribution is 2.19. The van der Waals surface area contributed by atoms with E-state index in [1.165, 1.54) is 5.56 Å². The third-order valence-corrected chi connectivity index (χ3v) is 2.62. The van der Waals surface area contributed by atoms with Gasteiger partial charge >= 0.3 is 0 Å². The first-order valence-electron chi connectivity index (χ1n) is 6.02. The second-order valence-electron chi connectivity index (χ2n) is 4.20. The molecule has 0 atom stereocenters. The summed E-state index contributed by atoms with van der Waals surface area (Å²) in [7, 11) is 0. The number of carbonyl (C=O) groups is 1. The van der Waals surface area contributed by atoms with Gasteiger partial charge in [0.2, 0.25) is 5.76 Å². The number of hydrogen-bond donors (Lipinski definition) is 1. The lowest BCUT2D eigenvalue weighted by molar-refractivity contribution is 0.0917. The molecule has 0 saturated heterocycles. The van der Waals surface area contributed by atoms with Crippen molar-refractivity contribution < 1.29 is 9.32 Å². The predicted octanol–water partition coefficient (Wildman–Crippen LogP) is 2.79. The van der Waals surface area contributed by atoms with E-state index in [0.29, 0.717) is 12.2 Å². The van der Waals surface area contributed by atoms with Crippen molar-refractivity contribution >= 4 is 5.91 Å². The van der Waals surface area contributed by atoms with E-state index in [4.69, 9.17) is 4.52 Å². The molecular weight excluding hydrogens is 228 g/mol. The second-order valence-corrected chi connectivity index (χ2v) is 4.20. The zero-order valence-corrected chi connectivity index (χ0v) is 10.6. The van der Waals surface area contributed by atoms with Crippen LogP contribution in [0.3, 0.4) is 0 Å². The maximum absolute atomic E-state index is 11.7. The van der Waals surface area contributed by atoms with Crippen molar-refractivity contribution in [3.05, 3.63) is 41.7 Å². The van der Waals surface area contributed by atoms with Crippen molar-refractivity contribution in [1.82, 2.24) is 10.5 Å². The van der Waals surface area contributed by atoms with Crippen molar-refractivity contribution in [3.63, 3.8) is 0 Å². The standard InChI is InChI=1S/C14H16N2O2/c1-3-8-15-14(17)13-9-12(16-18-13)11-6-4-10(2)5-7-11/h4-7,9H,3,8H2,1-2H3,(H,15,17). The number of carbonyl (C=O) groups excluding carboxylic acids is 1. The van der Waals surface area contributed by atoms with E-state index >= 15 is 0 Å². The van der Waals surface area contributed by atoms with Gasteiger partial charge < -0.3 is 9.84 Å². The largest absolute Gasteiger partial charge is 0.350 e. The van der Waals surface area contributed by atoms with Gasteiger partial charge in [-0.05, 0) is 13.3 Å². The molecule has 1 amide bonds. The van der Waals surface area contributed by atoms with E-state index in [9.17, 15) is 4.79 Å². The van der Waals surface area contributed by atoms with E-state index in [2.05, 4.69) is 10.5 Å². The van der Waals surface area contributed by atoms with Crippen LogP contribution in [-0.4, -0.2) is 17.6 Å². The summed E-state index contributed by atoms with van der Waals surface area (Å²) in [5, 5.41) is 6.66. The Morgan fingerprint density at radius 1 is 1.33 bits per heavy atom. The molecule has 2 aromatic rings. The van der Waals surface area contributed by atoms with Gasteiger partial charge in [0.15, 0.2) is 0 Å². The SMILES string of the molecule is CCCNC(=O)c1cc(-c2ccc(C)cc2)no1. The average molecular weight is 244 g/mol. The van der Waals surface area contributed by atoms with Crippen molar-refractivity contribution in [2.24, 2.45) is 0 Å². The maximum atomic E-state index is 11.7. The molecule has 0 radical (unpaired) electrons. The molecule has 4 heteroatoms. The molecule has 1 N–H and O–H groups in total. The van der Waals surface area contributed by atoms with Crippen molar-refractivity contribution in [1.29, 1.82) is 0 Å². The Kier molecular flexibility index (Phi) is 3.77. The Morgan fingerprint density at radius 3 is 2.72 bits per heavy atom. The molecule has 0 saturated carbocycles. The van der Waals surface area contributed by atoms with Gasteiger partial charge in [0.25, 0.3) is 5.91 Å². The summed E-state index contributed by atoms with van der Waals surface area (Å²) < 4.78 is 5.05. The topological polar surface area (TPSA) is 55.1 Å². The number of hydrogen-bond acceptors (Lipinski definition) is 3. The Labute approximate surface area is 106 Å². The van der Waals surface area contributed by atoms with Crippen LogP contribution in [0.25, 0.3) is 11.3 Å². The van der Waals surface area contributed by atoms with Crippen LogP contribution < -0.4 is 5.32 Å². The Hall–Kier alpha value is -2.10. The van der Waals surface area contributed by atoms with Crippen LogP contribution in [0.1, 0.15) is 29.5 Å². The minimum absolute atomic E-state index is 0.220. The monoisotopic (exact) mass is 244 g/mol. The van der Waals surface area contributed by atoms with Crippen LogP contribution in [0.2, 0.25) is 0 Å². The van der Waals surface area contributed by atoms with Gasteiger partial charge in [-0.15, -0.1) is 0 Å². The predicted molar refractivity (Wildman–Crippen MR) is 69.3 cm³/mol. The summed E-state index contributed by atoms with van der Waals surface area (Å²) in [4.78, 5) is 11.7. The second kappa shape index (κ2) is 5.49. The van der Waals surface area contributed by atoms with E-state index in [1.807, 2.05) is 38.1 Å². The van der Waals surface area contributed by atoms with Crippen molar-refractivity contribution in [3.8, 4) is 11.3 Å². The zero-order chi connectivity index (χ0) is 13.0. The van der Waals surface area contributed by atoms with Crippen LogP contribution >= 0.6 is 0 Å². The van der Waals surface area contributed by atoms with E-state index in [0.717, 1.165) is 12.0 Å². The quantitative estimate of drug-likeness (QED) is 0.899. The fourth-order valence-electron chi connectivity index (χ4n) is 1.57. The Bertz CT molecular complexity index is 529. The highest BCUT2D eigenvalue weighted by molar-refractivity contribution is 5.92. The van der Waals surface area contributed by atoms with E-state index in [-0.39, 0.29) is 11.7 Å². The normalized spacial score (nSPS) is 10.3. The van der Waals surface area contributed by atoms with E-state index in [1.54, 1.807) is 6.07 Å². The van der Waals surface area contributed by atoms with Crippen LogP contribution in [0.15, 0.2) is 34.9 Å². The molecule has 0 aliphatic rings. The van der Waals surface area contributed by atoms with Crippen molar-refractivity contribution in [2.75, 3.05) is 6.54 Å². The van der Waals surface area contributed by atoms with Gasteiger partial charge in [-0.3, -0.25) is 4.79 Å². The third-order valence-electron chi connectivity index (χ3n) is 2.62. The summed E-state index contributed by atoms with van der Waals surface area (Å²) in [6, 6.07) is 9.58. The number of nitrogens with zero attached hydrogens (tertiary/aromatic N) is 1. The fraction of sp³-hybridized carbons (Fsp3) is 0.286. The van der Waals surface area contributed by atoms with Crippen LogP contribution in [-0.2, 0) is 0 Å². The molecule has 94 valence electrons. The average Bonchev–Trinajstić information content (AvgIpc) is 2.86. The summed E-state index contributed by atoms with van der Waals surface area (Å²) >= 11 is 0. The molecule has 0 aliphatic carbocycles. The summed E-state index contributed by atoms with van der Waals surface area (Å²) in [5.74, 6) is 0.0294. The van der Waals surface area contributed by atoms with Gasteiger partial charge in [-0.25, -0.2) is 0 Å². The first-order valence-corrected chi connectivity index (χ1v) is 6.02. The molecule has 0 bridgehead atoms. The van der Waals surface area contributed by atoms with Crippen molar-refractivity contribution in [2.45, 2.75) is 20.3 Å². The van der Waals surface area contributed by atoms with E-state index < -0.39 is 0 Å². The molecule has 4 nitrogen and oxygen atoms in total. The molecule has 1 aromatic carbocycles. The minimum Gasteiger partial charge on any atom is -0.350 e. The molecule has 0 fully saturated rings. The summed E-state index contributed by atoms with van der Waals surface area (Å²) in [5.41, 5.74) is 2.80. The number of rotatable bonds is 4. The minimum atomic E-state index is -0.220. The highest BCUT2D eigenvalue weighted by atomic mass is 16.5. The molecule has 0 spiro atoms. The lowest BCUT2D eigenvalue weighted by atomic mass is 10.1. The molecule has 0 aliphatic heterocycles. The number of aryl methyl sites for hydroxylation is 1. The lowest BCUT2D eigenvalue weighted by Crippen LogP contribution is -2.23. The highest BCUT2D eigenvalue weighted by Gasteiger charge is 2.12. The van der Waals surface area contributed by atoms with Gasteiger partial charge in [-0.2, -0.15) is 0 Å². The number of benzene rings is 1. The van der Waals surface area contributed by atoms with Gasteiger partial charge in [0.1, 0.15) is 5.69 Å². The molecule has 1 aromatic heterocycles. The molecule has 1 heterocycles. The molecular formula is C14H16N2O2. The molecule has 0 unspecified atom stereocenters. The summed E-state index contributed by atoms with van der Waals surface area (Å²) in [6.07, 6.45) is 0.894. The fourth-order valence-corrected chi connectivity index (χ4v) is 1.57. The third kappa shape index (κ3) is 2.77. The molecule has 2 rings (SSSR count). The van der Waals surface area contributed by atoms with Crippen LogP contribution in [0.5, 0.6) is 0 Å². The Balaban J connectivity index is 2.15. The zero-order valence-electron chi connectivity index (χ0n) is 10.6. The number of amides is 1. The lowest BCUT2D eigenvalue weighted by Gasteiger charge is -1.97. The van der Waals surface area contributed by atoms with Crippen LogP contribution in [0, 0.1) is 6.92 Å². The Morgan fingerprint density at radius 2 is 2.06 bits per heavy atom. The van der Waals surface area contributed by atoms with Crippen LogP contribution in [0.4, 0.5) is 0 Å². The first-order chi connectivity index (χ1) is 8.70.